The average molecular weight is 834 g/mol. The molecule has 0 spiro atoms. The number of halogens is 2. The molecular formula is C44H50Cl2N4O8. The third kappa shape index (κ3) is 11.5. The largest absolute Gasteiger partial charge is 0.465 e. The summed E-state index contributed by atoms with van der Waals surface area (Å²) in [6.45, 7) is 7.51. The first-order valence-electron chi connectivity index (χ1n) is 19.3. The van der Waals surface area contributed by atoms with E-state index in [-0.39, 0.29) is 43.1 Å². The van der Waals surface area contributed by atoms with Gasteiger partial charge in [-0.1, -0.05) is 108 Å². The lowest BCUT2D eigenvalue weighted by atomic mass is 9.96. The molecule has 14 heteroatoms. The molecule has 0 heterocycles. The van der Waals surface area contributed by atoms with Gasteiger partial charge in [0.15, 0.2) is 6.29 Å². The Morgan fingerprint density at radius 1 is 0.741 bits per heavy atom. The van der Waals surface area contributed by atoms with Gasteiger partial charge in [0.05, 0.1) is 23.1 Å². The van der Waals surface area contributed by atoms with Gasteiger partial charge >= 0.3 is 12.2 Å². The molecule has 1 aliphatic carbocycles. The van der Waals surface area contributed by atoms with Crippen LogP contribution in [-0.4, -0.2) is 96.2 Å². The molecule has 0 radical (unpaired) electrons. The summed E-state index contributed by atoms with van der Waals surface area (Å²) in [4.78, 5) is 58.1. The lowest BCUT2D eigenvalue weighted by Gasteiger charge is -2.34. The number of benzene rings is 4. The third-order valence-electron chi connectivity index (χ3n) is 9.86. The second kappa shape index (κ2) is 21.0. The number of nitrogens with zero attached hydrogens (tertiary/aromatic N) is 2. The lowest BCUT2D eigenvalue weighted by molar-refractivity contribution is -0.163. The molecule has 0 fully saturated rings. The van der Waals surface area contributed by atoms with E-state index in [0.29, 0.717) is 29.4 Å². The summed E-state index contributed by atoms with van der Waals surface area (Å²) >= 11 is 12.6. The van der Waals surface area contributed by atoms with Gasteiger partial charge < -0.3 is 39.8 Å². The Morgan fingerprint density at radius 3 is 1.91 bits per heavy atom. The van der Waals surface area contributed by atoms with Crippen molar-refractivity contribution in [2.45, 2.75) is 71.1 Å². The zero-order chi connectivity index (χ0) is 41.8. The maximum absolute atomic E-state index is 14.5. The molecule has 2 unspecified atom stereocenters. The van der Waals surface area contributed by atoms with Crippen LogP contribution in [-0.2, 0) is 36.8 Å². The first kappa shape index (κ1) is 44.0. The van der Waals surface area contributed by atoms with Crippen molar-refractivity contribution in [3.05, 3.63) is 129 Å². The van der Waals surface area contributed by atoms with E-state index in [1.165, 1.54) is 0 Å². The Kier molecular flexibility index (Phi) is 15.9. The maximum atomic E-state index is 14.5. The van der Waals surface area contributed by atoms with Crippen LogP contribution in [0, 0.1) is 0 Å². The molecule has 308 valence electrons. The van der Waals surface area contributed by atoms with Gasteiger partial charge in [0.1, 0.15) is 18.7 Å². The summed E-state index contributed by atoms with van der Waals surface area (Å²) in [6.07, 6.45) is -2.99. The zero-order valence-electron chi connectivity index (χ0n) is 33.0. The smallest absolute Gasteiger partial charge is 0.408 e. The summed E-state index contributed by atoms with van der Waals surface area (Å²) in [6, 6.07) is 26.5. The van der Waals surface area contributed by atoms with Gasteiger partial charge in [0.2, 0.25) is 11.8 Å². The quantitative estimate of drug-likeness (QED) is 0.0814. The Hall–Kier alpha value is -5.14. The number of fused-ring (bicyclic) bond motifs is 3. The van der Waals surface area contributed by atoms with Crippen molar-refractivity contribution >= 4 is 47.2 Å². The van der Waals surface area contributed by atoms with Crippen LogP contribution in [0.3, 0.4) is 0 Å². The van der Waals surface area contributed by atoms with Crippen LogP contribution in [0.25, 0.3) is 11.1 Å². The van der Waals surface area contributed by atoms with Crippen LogP contribution >= 0.6 is 23.2 Å². The average Bonchev–Trinajstić information content (AvgIpc) is 3.52. The molecule has 4 amide bonds. The number of amides is 4. The van der Waals surface area contributed by atoms with Gasteiger partial charge in [-0.2, -0.15) is 0 Å². The normalized spacial score (nSPS) is 13.0. The van der Waals surface area contributed by atoms with Crippen molar-refractivity contribution in [1.82, 2.24) is 20.4 Å². The molecule has 0 bridgehead atoms. The minimum absolute atomic E-state index is 0.0118. The number of ether oxygens (including phenoxy) is 3. The predicted octanol–water partition coefficient (Wildman–Crippen LogP) is 7.74. The monoisotopic (exact) mass is 832 g/mol. The standard InChI is InChI=1S/C44H50Cl2N4O8/c1-5-56-40(57-6-2)26-50(28(3)4)42(52)38(23-30-20-21-36(45)37(46)22-30)47-41(51)39(48-43(53)58-27-29-14-8-7-9-15-29)25-49(44(54)55)24-35-33-18-12-10-16-31(33)32-17-11-13-19-34(32)35/h7-22,28,35,38-40H,5-6,23-27H2,1-4H3,(H,47,51)(H,48,53)(H,54,55). The summed E-state index contributed by atoms with van der Waals surface area (Å²) in [5.74, 6) is -1.61. The highest BCUT2D eigenvalue weighted by molar-refractivity contribution is 6.42. The van der Waals surface area contributed by atoms with Gasteiger partial charge in [-0.25, -0.2) is 9.59 Å². The second-order valence-corrected chi connectivity index (χ2v) is 14.9. The molecule has 58 heavy (non-hydrogen) atoms. The van der Waals surface area contributed by atoms with Crippen LogP contribution in [0.2, 0.25) is 10.0 Å². The number of carbonyl (C=O) groups is 4. The summed E-state index contributed by atoms with van der Waals surface area (Å²) < 4.78 is 17.0. The number of nitrogens with one attached hydrogen (secondary N) is 2. The Bertz CT molecular complexity index is 1980. The zero-order valence-corrected chi connectivity index (χ0v) is 34.5. The highest BCUT2D eigenvalue weighted by atomic mass is 35.5. The van der Waals surface area contributed by atoms with E-state index in [0.717, 1.165) is 27.2 Å². The highest BCUT2D eigenvalue weighted by Crippen LogP contribution is 2.44. The number of carboxylic acid groups (broad SMARTS) is 1. The molecular weight excluding hydrogens is 783 g/mol. The molecule has 3 N–H and O–H groups in total. The van der Waals surface area contributed by atoms with E-state index in [1.807, 2.05) is 82.3 Å². The summed E-state index contributed by atoms with van der Waals surface area (Å²) in [5.41, 5.74) is 5.21. The predicted molar refractivity (Wildman–Crippen MR) is 223 cm³/mol. The van der Waals surface area contributed by atoms with E-state index in [1.54, 1.807) is 47.4 Å². The molecule has 0 saturated carbocycles. The molecule has 12 nitrogen and oxygen atoms in total. The van der Waals surface area contributed by atoms with Crippen molar-refractivity contribution < 1.29 is 38.5 Å². The minimum Gasteiger partial charge on any atom is -0.465 e. The van der Waals surface area contributed by atoms with Crippen LogP contribution in [0.4, 0.5) is 9.59 Å². The first-order valence-corrected chi connectivity index (χ1v) is 20.1. The highest BCUT2D eigenvalue weighted by Gasteiger charge is 2.36. The number of hydrogen-bond acceptors (Lipinski definition) is 7. The van der Waals surface area contributed by atoms with Crippen molar-refractivity contribution in [1.29, 1.82) is 0 Å². The van der Waals surface area contributed by atoms with E-state index >= 15 is 0 Å². The van der Waals surface area contributed by atoms with E-state index in [4.69, 9.17) is 37.4 Å². The molecule has 0 aromatic heterocycles. The van der Waals surface area contributed by atoms with Gasteiger partial charge in [-0.15, -0.1) is 0 Å². The fraction of sp³-hybridized carbons (Fsp3) is 0.364. The molecule has 5 rings (SSSR count). The Morgan fingerprint density at radius 2 is 1.34 bits per heavy atom. The molecule has 0 aliphatic heterocycles. The van der Waals surface area contributed by atoms with E-state index < -0.39 is 48.9 Å². The minimum atomic E-state index is -1.48. The summed E-state index contributed by atoms with van der Waals surface area (Å²) in [7, 11) is 0. The van der Waals surface area contributed by atoms with Gasteiger partial charge in [0.25, 0.3) is 0 Å². The SMILES string of the molecule is CCOC(CN(C(=O)C(Cc1ccc(Cl)c(Cl)c1)NC(=O)C(CN(CC1c2ccccc2-c2ccccc21)C(=O)O)NC(=O)OCc1ccccc1)C(C)C)OCC. The van der Waals surface area contributed by atoms with E-state index in [2.05, 4.69) is 10.6 Å². The molecule has 4 aromatic carbocycles. The molecule has 0 saturated heterocycles. The van der Waals surface area contributed by atoms with Gasteiger partial charge in [0, 0.05) is 38.1 Å². The third-order valence-corrected chi connectivity index (χ3v) is 10.6. The lowest BCUT2D eigenvalue weighted by Crippen LogP contribution is -2.59. The molecule has 2 atom stereocenters. The summed E-state index contributed by atoms with van der Waals surface area (Å²) in [5, 5.41) is 16.6. The van der Waals surface area contributed by atoms with Crippen LogP contribution in [0.5, 0.6) is 0 Å². The number of hydrogen-bond donors (Lipinski definition) is 3. The number of alkyl carbamates (subject to hydrolysis) is 1. The first-order chi connectivity index (χ1) is 27.9. The molecule has 4 aromatic rings. The maximum Gasteiger partial charge on any atom is 0.408 e. The topological polar surface area (TPSA) is 147 Å². The van der Waals surface area contributed by atoms with Crippen molar-refractivity contribution in [3.63, 3.8) is 0 Å². The van der Waals surface area contributed by atoms with Crippen molar-refractivity contribution in [2.75, 3.05) is 32.8 Å². The fourth-order valence-corrected chi connectivity index (χ4v) is 7.37. The molecule has 1 aliphatic rings. The Labute approximate surface area is 349 Å². The van der Waals surface area contributed by atoms with Gasteiger partial charge in [-0.05, 0) is 73.2 Å². The second-order valence-electron chi connectivity index (χ2n) is 14.1. The van der Waals surface area contributed by atoms with Crippen LogP contribution in [0.15, 0.2) is 97.1 Å². The van der Waals surface area contributed by atoms with Crippen LogP contribution < -0.4 is 10.6 Å². The number of carbonyl (C=O) groups excluding carboxylic acids is 3. The Balaban J connectivity index is 1.46. The fourth-order valence-electron chi connectivity index (χ4n) is 7.05. The van der Waals surface area contributed by atoms with Crippen LogP contribution in [0.1, 0.15) is 55.9 Å². The van der Waals surface area contributed by atoms with E-state index in [9.17, 15) is 24.3 Å². The van der Waals surface area contributed by atoms with Crippen molar-refractivity contribution in [3.8, 4) is 11.1 Å². The van der Waals surface area contributed by atoms with Crippen molar-refractivity contribution in [2.24, 2.45) is 0 Å². The van der Waals surface area contributed by atoms with Gasteiger partial charge in [-0.3, -0.25) is 9.59 Å². The number of rotatable bonds is 19.